The molecule has 1 aromatic carbocycles. The van der Waals surface area contributed by atoms with E-state index in [4.69, 9.17) is 0 Å². The largest absolute Gasteiger partial charge is 0.477 e. The zero-order chi connectivity index (χ0) is 22.0. The van der Waals surface area contributed by atoms with E-state index in [1.807, 2.05) is 12.1 Å². The minimum atomic E-state index is -0.849. The Kier molecular flexibility index (Phi) is 6.73. The number of carboxylic acid groups (broad SMARTS) is 1. The molecule has 0 amide bonds. The summed E-state index contributed by atoms with van der Waals surface area (Å²) >= 11 is 1.35. The molecule has 2 heterocycles. The molecule has 1 N–H and O–H groups in total. The third-order valence-corrected chi connectivity index (χ3v) is 8.17. The lowest BCUT2D eigenvalue weighted by Gasteiger charge is -2.36. The standard InChI is InChI=1S/C26H31NO3S/c1-3-27-13-12-21(23(15-27)19-8-4-17(2)5-9-19)22-14-24(31-25(22)26(29)30)20-10-6-18(16-28)7-11-20/h6-7,10-11,14,16-17,19H,3-5,8-9,12-13,15H2,1-2H3,(H,29,30). The van der Waals surface area contributed by atoms with Crippen LogP contribution in [-0.2, 0) is 0 Å². The molecule has 0 unspecified atom stereocenters. The van der Waals surface area contributed by atoms with E-state index in [9.17, 15) is 14.7 Å². The number of likely N-dealkylation sites (N-methyl/N-ethyl adjacent to an activating group) is 1. The van der Waals surface area contributed by atoms with Gasteiger partial charge in [0, 0.05) is 29.1 Å². The molecule has 0 radical (unpaired) electrons. The summed E-state index contributed by atoms with van der Waals surface area (Å²) in [6.45, 7) is 7.53. The van der Waals surface area contributed by atoms with Gasteiger partial charge in [0.25, 0.3) is 0 Å². The van der Waals surface area contributed by atoms with Crippen LogP contribution in [-0.4, -0.2) is 41.9 Å². The van der Waals surface area contributed by atoms with Crippen molar-refractivity contribution in [2.75, 3.05) is 19.6 Å². The van der Waals surface area contributed by atoms with Gasteiger partial charge in [0.15, 0.2) is 0 Å². The second kappa shape index (κ2) is 9.49. The van der Waals surface area contributed by atoms with Gasteiger partial charge in [-0.15, -0.1) is 11.3 Å². The Morgan fingerprint density at radius 1 is 1.19 bits per heavy atom. The number of aldehydes is 1. The molecule has 0 atom stereocenters. The van der Waals surface area contributed by atoms with Gasteiger partial charge < -0.3 is 5.11 Å². The SMILES string of the molecule is CCN1CCC(c2cc(-c3ccc(C=O)cc3)sc2C(=O)O)=C(C2CCC(C)CC2)C1. The number of thiophene rings is 1. The topological polar surface area (TPSA) is 57.6 Å². The highest BCUT2D eigenvalue weighted by Crippen LogP contribution is 2.43. The van der Waals surface area contributed by atoms with E-state index in [1.165, 1.54) is 48.2 Å². The number of benzene rings is 1. The predicted molar refractivity (Wildman–Crippen MR) is 127 cm³/mol. The maximum atomic E-state index is 12.2. The van der Waals surface area contributed by atoms with Gasteiger partial charge in [-0.25, -0.2) is 4.79 Å². The van der Waals surface area contributed by atoms with Crippen molar-refractivity contribution in [3.8, 4) is 10.4 Å². The molecule has 5 heteroatoms. The summed E-state index contributed by atoms with van der Waals surface area (Å²) in [6.07, 6.45) is 6.69. The Labute approximate surface area is 188 Å². The maximum absolute atomic E-state index is 12.2. The van der Waals surface area contributed by atoms with Gasteiger partial charge in [0.1, 0.15) is 11.2 Å². The smallest absolute Gasteiger partial charge is 0.346 e. The van der Waals surface area contributed by atoms with Crippen LogP contribution in [0.15, 0.2) is 35.9 Å². The third-order valence-electron chi connectivity index (χ3n) is 7.00. The molecule has 1 fully saturated rings. The van der Waals surface area contributed by atoms with Crippen molar-refractivity contribution in [3.05, 3.63) is 51.9 Å². The van der Waals surface area contributed by atoms with Gasteiger partial charge in [-0.1, -0.05) is 51.0 Å². The minimum Gasteiger partial charge on any atom is -0.477 e. The van der Waals surface area contributed by atoms with Crippen LogP contribution >= 0.6 is 11.3 Å². The molecular weight excluding hydrogens is 406 g/mol. The molecule has 2 aliphatic rings. The minimum absolute atomic E-state index is 0.441. The highest BCUT2D eigenvalue weighted by Gasteiger charge is 2.30. The van der Waals surface area contributed by atoms with Gasteiger partial charge in [-0.2, -0.15) is 0 Å². The normalized spacial score (nSPS) is 22.5. The maximum Gasteiger partial charge on any atom is 0.346 e. The molecule has 1 saturated carbocycles. The first kappa shape index (κ1) is 22.0. The summed E-state index contributed by atoms with van der Waals surface area (Å²) in [5, 5.41) is 10.00. The van der Waals surface area contributed by atoms with Crippen molar-refractivity contribution in [3.63, 3.8) is 0 Å². The second-order valence-electron chi connectivity index (χ2n) is 8.98. The van der Waals surface area contributed by atoms with Crippen LogP contribution < -0.4 is 0 Å². The monoisotopic (exact) mass is 437 g/mol. The average molecular weight is 438 g/mol. The summed E-state index contributed by atoms with van der Waals surface area (Å²) in [5.41, 5.74) is 5.25. The number of aromatic carboxylic acids is 1. The summed E-state index contributed by atoms with van der Waals surface area (Å²) in [7, 11) is 0. The van der Waals surface area contributed by atoms with E-state index in [1.54, 1.807) is 12.1 Å². The van der Waals surface area contributed by atoms with Crippen LogP contribution in [0.5, 0.6) is 0 Å². The molecule has 4 rings (SSSR count). The molecule has 1 aromatic heterocycles. The highest BCUT2D eigenvalue weighted by atomic mass is 32.1. The van der Waals surface area contributed by atoms with Crippen molar-refractivity contribution < 1.29 is 14.7 Å². The molecule has 0 saturated heterocycles. The molecule has 1 aliphatic carbocycles. The van der Waals surface area contributed by atoms with E-state index in [0.717, 1.165) is 54.3 Å². The number of carbonyl (C=O) groups excluding carboxylic acids is 1. The molecule has 0 bridgehead atoms. The van der Waals surface area contributed by atoms with Gasteiger partial charge in [0.2, 0.25) is 0 Å². The number of rotatable bonds is 6. The average Bonchev–Trinajstić information content (AvgIpc) is 3.25. The summed E-state index contributed by atoms with van der Waals surface area (Å²) < 4.78 is 0. The predicted octanol–water partition coefficient (Wildman–Crippen LogP) is 6.23. The van der Waals surface area contributed by atoms with Crippen molar-refractivity contribution in [2.45, 2.75) is 46.0 Å². The van der Waals surface area contributed by atoms with Gasteiger partial charge in [-0.3, -0.25) is 9.69 Å². The van der Waals surface area contributed by atoms with E-state index in [2.05, 4.69) is 24.8 Å². The Balaban J connectivity index is 1.77. The van der Waals surface area contributed by atoms with E-state index < -0.39 is 5.97 Å². The van der Waals surface area contributed by atoms with E-state index in [0.29, 0.717) is 16.4 Å². The van der Waals surface area contributed by atoms with Crippen molar-refractivity contribution in [2.24, 2.45) is 11.8 Å². The lowest BCUT2D eigenvalue weighted by atomic mass is 9.75. The number of carbonyl (C=O) groups is 2. The van der Waals surface area contributed by atoms with Crippen LogP contribution in [0.2, 0.25) is 0 Å². The molecular formula is C26H31NO3S. The molecule has 2 aromatic rings. The van der Waals surface area contributed by atoms with Crippen molar-refractivity contribution in [1.82, 2.24) is 4.90 Å². The number of hydrogen-bond donors (Lipinski definition) is 1. The first-order chi connectivity index (χ1) is 15.0. The van der Waals surface area contributed by atoms with Crippen LogP contribution in [0, 0.1) is 11.8 Å². The lowest BCUT2D eigenvalue weighted by molar-refractivity contribution is 0.0701. The van der Waals surface area contributed by atoms with Crippen molar-refractivity contribution >= 4 is 29.2 Å². The van der Waals surface area contributed by atoms with Crippen LogP contribution in [0.4, 0.5) is 0 Å². The quantitative estimate of drug-likeness (QED) is 0.544. The zero-order valence-electron chi connectivity index (χ0n) is 18.4. The Bertz CT molecular complexity index is 981. The first-order valence-electron chi connectivity index (χ1n) is 11.4. The fourth-order valence-electron chi connectivity index (χ4n) is 5.05. The van der Waals surface area contributed by atoms with Crippen LogP contribution in [0.1, 0.15) is 71.5 Å². The molecule has 0 spiro atoms. The van der Waals surface area contributed by atoms with Crippen LogP contribution in [0.25, 0.3) is 16.0 Å². The fraction of sp³-hybridized carbons (Fsp3) is 0.462. The summed E-state index contributed by atoms with van der Waals surface area (Å²) in [5.74, 6) is 0.512. The third kappa shape index (κ3) is 4.68. The summed E-state index contributed by atoms with van der Waals surface area (Å²) in [6, 6.07) is 9.46. The highest BCUT2D eigenvalue weighted by molar-refractivity contribution is 7.17. The van der Waals surface area contributed by atoms with Gasteiger partial charge >= 0.3 is 5.97 Å². The molecule has 31 heavy (non-hydrogen) atoms. The Hall–Kier alpha value is -2.24. The van der Waals surface area contributed by atoms with E-state index >= 15 is 0 Å². The Morgan fingerprint density at radius 3 is 2.52 bits per heavy atom. The van der Waals surface area contributed by atoms with Crippen LogP contribution in [0.3, 0.4) is 0 Å². The second-order valence-corrected chi connectivity index (χ2v) is 10.0. The zero-order valence-corrected chi connectivity index (χ0v) is 19.2. The molecule has 1 aliphatic heterocycles. The fourth-order valence-corrected chi connectivity index (χ4v) is 6.08. The van der Waals surface area contributed by atoms with E-state index in [-0.39, 0.29) is 0 Å². The lowest BCUT2D eigenvalue weighted by Crippen LogP contribution is -2.34. The van der Waals surface area contributed by atoms with Gasteiger partial charge in [-0.05, 0) is 60.4 Å². The Morgan fingerprint density at radius 2 is 1.90 bits per heavy atom. The first-order valence-corrected chi connectivity index (χ1v) is 12.2. The number of carboxylic acids is 1. The number of hydrogen-bond acceptors (Lipinski definition) is 4. The summed E-state index contributed by atoms with van der Waals surface area (Å²) in [4.78, 5) is 27.0. The molecule has 164 valence electrons. The number of nitrogens with zero attached hydrogens (tertiary/aromatic N) is 1. The van der Waals surface area contributed by atoms with Crippen molar-refractivity contribution in [1.29, 1.82) is 0 Å². The van der Waals surface area contributed by atoms with Gasteiger partial charge in [0.05, 0.1) is 0 Å². The molecule has 4 nitrogen and oxygen atoms in total.